The number of benzene rings is 1. The van der Waals surface area contributed by atoms with Gasteiger partial charge < -0.3 is 5.32 Å². The summed E-state index contributed by atoms with van der Waals surface area (Å²) in [6, 6.07) is 6.58. The van der Waals surface area contributed by atoms with E-state index in [1.807, 2.05) is 0 Å². The summed E-state index contributed by atoms with van der Waals surface area (Å²) in [6.45, 7) is 15.1. The van der Waals surface area contributed by atoms with Gasteiger partial charge in [0.05, 0.1) is 0 Å². The van der Waals surface area contributed by atoms with Gasteiger partial charge in [-0.2, -0.15) is 0 Å². The third kappa shape index (κ3) is 4.74. The first-order chi connectivity index (χ1) is 11.5. The maximum atomic E-state index is 4.28. The molecule has 128 valence electrons. The molecule has 24 heavy (non-hydrogen) atoms. The molecule has 0 saturated heterocycles. The fraction of sp³-hybridized carbons (Fsp3) is 0.391. The lowest BCUT2D eigenvalue weighted by molar-refractivity contribution is 0.736. The van der Waals surface area contributed by atoms with Crippen LogP contribution in [0.15, 0.2) is 60.4 Å². The third-order valence-electron chi connectivity index (χ3n) is 4.79. The predicted molar refractivity (Wildman–Crippen MR) is 108 cm³/mol. The molecule has 0 spiro atoms. The molecule has 1 N–H and O–H groups in total. The highest BCUT2D eigenvalue weighted by Crippen LogP contribution is 2.30. The van der Waals surface area contributed by atoms with Crippen LogP contribution in [0.25, 0.3) is 5.57 Å². The highest BCUT2D eigenvalue weighted by molar-refractivity contribution is 5.70. The molecule has 0 fully saturated rings. The van der Waals surface area contributed by atoms with Gasteiger partial charge in [-0.05, 0) is 60.9 Å². The van der Waals surface area contributed by atoms with Gasteiger partial charge in [0.2, 0.25) is 0 Å². The van der Waals surface area contributed by atoms with E-state index in [2.05, 4.69) is 69.6 Å². The maximum Gasteiger partial charge on any atom is 0.0419 e. The summed E-state index contributed by atoms with van der Waals surface area (Å²) in [5.41, 5.74) is 8.61. The van der Waals surface area contributed by atoms with Gasteiger partial charge in [0, 0.05) is 11.4 Å². The molecule has 0 aliphatic heterocycles. The second-order valence-electron chi connectivity index (χ2n) is 6.74. The van der Waals surface area contributed by atoms with Crippen molar-refractivity contribution in [3.63, 3.8) is 0 Å². The van der Waals surface area contributed by atoms with Gasteiger partial charge in [0.1, 0.15) is 0 Å². The molecule has 1 aromatic carbocycles. The van der Waals surface area contributed by atoms with E-state index in [9.17, 15) is 0 Å². The highest BCUT2D eigenvalue weighted by atomic mass is 14.9. The smallest absolute Gasteiger partial charge is 0.0419 e. The summed E-state index contributed by atoms with van der Waals surface area (Å²) >= 11 is 0. The van der Waals surface area contributed by atoms with Gasteiger partial charge in [-0.25, -0.2) is 0 Å². The van der Waals surface area contributed by atoms with Crippen molar-refractivity contribution in [2.75, 3.05) is 5.32 Å². The number of rotatable bonds is 9. The molecule has 0 saturated carbocycles. The first-order valence-corrected chi connectivity index (χ1v) is 9.18. The molecule has 0 heterocycles. The minimum absolute atomic E-state index is 1.01. The van der Waals surface area contributed by atoms with Crippen molar-refractivity contribution >= 4 is 11.3 Å². The fourth-order valence-electron chi connectivity index (χ4n) is 2.98. The van der Waals surface area contributed by atoms with Crippen LogP contribution in [0.3, 0.4) is 0 Å². The number of hydrogen-bond acceptors (Lipinski definition) is 1. The summed E-state index contributed by atoms with van der Waals surface area (Å²) in [6.07, 6.45) is 11.4. The number of allylic oxidation sites excluding steroid dienone is 5. The van der Waals surface area contributed by atoms with Crippen LogP contribution >= 0.6 is 0 Å². The van der Waals surface area contributed by atoms with E-state index in [1.165, 1.54) is 47.1 Å². The van der Waals surface area contributed by atoms with Gasteiger partial charge >= 0.3 is 0 Å². The molecule has 0 bridgehead atoms. The summed E-state index contributed by atoms with van der Waals surface area (Å²) in [7, 11) is 0. The summed E-state index contributed by atoms with van der Waals surface area (Å²) in [5, 5.41) is 3.52. The standard InChI is InChI=1S/C23H31N/c1-6-8-9-10-17(3)21-13-11-18(4)23(16-21)24-19(5)22-14-12-20(7-2)15-22/h11-14,16,24H,3,5-10,15H2,1-2,4H3. The van der Waals surface area contributed by atoms with Crippen molar-refractivity contribution in [2.45, 2.75) is 59.3 Å². The molecule has 2 rings (SSSR count). The first-order valence-electron chi connectivity index (χ1n) is 9.18. The molecule has 1 aromatic rings. The molecular weight excluding hydrogens is 290 g/mol. The Kier molecular flexibility index (Phi) is 6.66. The van der Waals surface area contributed by atoms with E-state index < -0.39 is 0 Å². The molecule has 0 aromatic heterocycles. The minimum atomic E-state index is 1.01. The molecular formula is C23H31N. The zero-order valence-corrected chi connectivity index (χ0v) is 15.5. The lowest BCUT2D eigenvalue weighted by atomic mass is 9.99. The van der Waals surface area contributed by atoms with Crippen molar-refractivity contribution < 1.29 is 0 Å². The second kappa shape index (κ2) is 8.73. The van der Waals surface area contributed by atoms with Crippen LogP contribution in [0.2, 0.25) is 0 Å². The largest absolute Gasteiger partial charge is 0.356 e. The normalized spacial score (nSPS) is 13.5. The minimum Gasteiger partial charge on any atom is -0.356 e. The van der Waals surface area contributed by atoms with Gasteiger partial charge in [0.25, 0.3) is 0 Å². The second-order valence-corrected chi connectivity index (χ2v) is 6.74. The van der Waals surface area contributed by atoms with Crippen molar-refractivity contribution in [2.24, 2.45) is 0 Å². The fourth-order valence-corrected chi connectivity index (χ4v) is 2.98. The van der Waals surface area contributed by atoms with Gasteiger partial charge in [-0.3, -0.25) is 0 Å². The number of nitrogens with one attached hydrogen (secondary N) is 1. The topological polar surface area (TPSA) is 12.0 Å². The van der Waals surface area contributed by atoms with E-state index in [-0.39, 0.29) is 0 Å². The van der Waals surface area contributed by atoms with E-state index in [0.717, 1.165) is 30.6 Å². The molecule has 1 nitrogen and oxygen atoms in total. The molecule has 0 radical (unpaired) electrons. The Bertz CT molecular complexity index is 673. The van der Waals surface area contributed by atoms with Gasteiger partial charge in [-0.15, -0.1) is 0 Å². The quantitative estimate of drug-likeness (QED) is 0.475. The zero-order chi connectivity index (χ0) is 17.5. The molecule has 0 atom stereocenters. The van der Waals surface area contributed by atoms with Crippen molar-refractivity contribution in [3.8, 4) is 0 Å². The van der Waals surface area contributed by atoms with Crippen LogP contribution in [-0.4, -0.2) is 0 Å². The Labute approximate surface area is 147 Å². The van der Waals surface area contributed by atoms with Crippen LogP contribution in [0.4, 0.5) is 5.69 Å². The zero-order valence-electron chi connectivity index (χ0n) is 15.5. The van der Waals surface area contributed by atoms with Crippen LogP contribution < -0.4 is 5.32 Å². The monoisotopic (exact) mass is 321 g/mol. The number of hydrogen-bond donors (Lipinski definition) is 1. The average Bonchev–Trinajstić information content (AvgIpc) is 3.06. The maximum absolute atomic E-state index is 4.28. The summed E-state index contributed by atoms with van der Waals surface area (Å²) in [4.78, 5) is 0. The number of anilines is 1. The lowest BCUT2D eigenvalue weighted by Crippen LogP contribution is -2.03. The Balaban J connectivity index is 2.04. The van der Waals surface area contributed by atoms with Crippen molar-refractivity contribution in [1.82, 2.24) is 0 Å². The van der Waals surface area contributed by atoms with Crippen molar-refractivity contribution in [3.05, 3.63) is 71.5 Å². The van der Waals surface area contributed by atoms with Crippen LogP contribution in [0.5, 0.6) is 0 Å². The molecule has 1 heteroatoms. The van der Waals surface area contributed by atoms with Crippen LogP contribution in [0, 0.1) is 6.92 Å². The molecule has 1 aliphatic carbocycles. The number of aryl methyl sites for hydroxylation is 1. The van der Waals surface area contributed by atoms with E-state index in [1.54, 1.807) is 0 Å². The Morgan fingerprint density at radius 1 is 1.12 bits per heavy atom. The predicted octanol–water partition coefficient (Wildman–Crippen LogP) is 7.18. The highest BCUT2D eigenvalue weighted by Gasteiger charge is 2.11. The molecule has 0 amide bonds. The summed E-state index contributed by atoms with van der Waals surface area (Å²) in [5.74, 6) is 0. The molecule has 0 unspecified atom stereocenters. The lowest BCUT2D eigenvalue weighted by Gasteiger charge is -2.16. The van der Waals surface area contributed by atoms with Gasteiger partial charge in [0.15, 0.2) is 0 Å². The molecule has 1 aliphatic rings. The Hall–Kier alpha value is -2.02. The van der Waals surface area contributed by atoms with Gasteiger partial charge in [-0.1, -0.05) is 69.7 Å². The van der Waals surface area contributed by atoms with E-state index in [0.29, 0.717) is 0 Å². The van der Waals surface area contributed by atoms with E-state index in [4.69, 9.17) is 0 Å². The Morgan fingerprint density at radius 2 is 1.92 bits per heavy atom. The van der Waals surface area contributed by atoms with E-state index >= 15 is 0 Å². The van der Waals surface area contributed by atoms with Crippen LogP contribution in [0.1, 0.15) is 63.5 Å². The third-order valence-corrected chi connectivity index (χ3v) is 4.79. The summed E-state index contributed by atoms with van der Waals surface area (Å²) < 4.78 is 0. The SMILES string of the molecule is C=C(Nc1cc(C(=C)CCCCC)ccc1C)C1=CC=C(CC)C1. The Morgan fingerprint density at radius 3 is 2.58 bits per heavy atom. The first kappa shape index (κ1) is 18.3. The van der Waals surface area contributed by atoms with Crippen LogP contribution in [-0.2, 0) is 0 Å². The van der Waals surface area contributed by atoms with Crippen molar-refractivity contribution in [1.29, 1.82) is 0 Å². The average molecular weight is 322 g/mol. The number of unbranched alkanes of at least 4 members (excludes halogenated alkanes) is 2.